The van der Waals surface area contributed by atoms with Crippen LogP contribution in [0.1, 0.15) is 19.8 Å². The van der Waals surface area contributed by atoms with Crippen LogP contribution >= 0.6 is 0 Å². The molecule has 0 fully saturated rings. The Morgan fingerprint density at radius 1 is 1.67 bits per heavy atom. The van der Waals surface area contributed by atoms with Crippen LogP contribution in [-0.4, -0.2) is 18.6 Å². The Labute approximate surface area is 105 Å². The first kappa shape index (κ1) is 15.5. The highest BCUT2D eigenvalue weighted by atomic mass is 16.5. The van der Waals surface area contributed by atoms with Crippen molar-refractivity contribution in [3.63, 3.8) is 0 Å². The van der Waals surface area contributed by atoms with Crippen molar-refractivity contribution in [3.05, 3.63) is 23.1 Å². The largest absolute Gasteiger partial charge is 0.466 e. The molecule has 18 heavy (non-hydrogen) atoms. The van der Waals surface area contributed by atoms with Crippen LogP contribution in [0, 0.1) is 28.1 Å². The molecule has 0 bridgehead atoms. The van der Waals surface area contributed by atoms with Gasteiger partial charge in [0.05, 0.1) is 18.7 Å². The van der Waals surface area contributed by atoms with E-state index in [0.717, 1.165) is 0 Å². The molecule has 7 heteroatoms. The summed E-state index contributed by atoms with van der Waals surface area (Å²) in [6.07, 6.45) is 1.27. The number of carbonyl (C=O) groups excluding carboxylic acids is 1. The maximum Gasteiger partial charge on any atom is 0.314 e. The second kappa shape index (κ2) is 7.72. The third kappa shape index (κ3) is 4.17. The molecule has 0 rings (SSSR count). The number of hydrogen-bond acceptors (Lipinski definition) is 5. The van der Waals surface area contributed by atoms with Crippen LogP contribution in [0.2, 0.25) is 0 Å². The summed E-state index contributed by atoms with van der Waals surface area (Å²) in [5.41, 5.74) is 6.95. The number of ether oxygens (including phenoxy) is 1. The normalized spacial score (nSPS) is 11.3. The Hall–Kier alpha value is -2.50. The molecule has 0 aromatic carbocycles. The van der Waals surface area contributed by atoms with Gasteiger partial charge < -0.3 is 4.74 Å². The Kier molecular flexibility index (Phi) is 6.65. The number of carbonyl (C=O) groups is 1. The van der Waals surface area contributed by atoms with E-state index < -0.39 is 17.4 Å². The Balaban J connectivity index is 5.12. The quantitative estimate of drug-likeness (QED) is 0.225. The van der Waals surface area contributed by atoms with Gasteiger partial charge in [0.15, 0.2) is 0 Å². The fourth-order valence-electron chi connectivity index (χ4n) is 1.34. The van der Waals surface area contributed by atoms with E-state index >= 15 is 0 Å². The fourth-order valence-corrected chi connectivity index (χ4v) is 1.34. The molecular formula is C11H13N5O2. The Bertz CT molecular complexity index is 425. The van der Waals surface area contributed by atoms with Crippen molar-refractivity contribution in [2.75, 3.05) is 6.61 Å². The highest BCUT2D eigenvalue weighted by Crippen LogP contribution is 2.28. The molecule has 7 nitrogen and oxygen atoms in total. The summed E-state index contributed by atoms with van der Waals surface area (Å²) in [6.45, 7) is 5.19. The third-order valence-electron chi connectivity index (χ3n) is 2.21. The molecule has 0 aliphatic carbocycles. The third-order valence-corrected chi connectivity index (χ3v) is 2.21. The lowest BCUT2D eigenvalue weighted by atomic mass is 9.81. The Morgan fingerprint density at radius 3 is 2.67 bits per heavy atom. The summed E-state index contributed by atoms with van der Waals surface area (Å²) in [6, 6.07) is 2.47. The zero-order valence-electron chi connectivity index (χ0n) is 10.0. The van der Waals surface area contributed by atoms with Crippen LogP contribution in [-0.2, 0) is 9.53 Å². The lowest BCUT2D eigenvalue weighted by Crippen LogP contribution is -2.29. The van der Waals surface area contributed by atoms with Gasteiger partial charge in [-0.3, -0.25) is 4.79 Å². The minimum absolute atomic E-state index is 0.0802. The molecule has 0 aliphatic heterocycles. The van der Waals surface area contributed by atoms with Crippen molar-refractivity contribution in [1.29, 1.82) is 10.5 Å². The monoisotopic (exact) mass is 247 g/mol. The number of allylic oxidation sites excluding steroid dienone is 1. The predicted octanol–water partition coefficient (Wildman–Crippen LogP) is 2.23. The summed E-state index contributed by atoms with van der Waals surface area (Å²) < 4.78 is 4.72. The molecule has 0 N–H and O–H groups in total. The average molecular weight is 247 g/mol. The molecule has 0 amide bonds. The zero-order chi connectivity index (χ0) is 14.0. The maximum atomic E-state index is 11.5. The van der Waals surface area contributed by atoms with Crippen molar-refractivity contribution in [3.8, 4) is 12.1 Å². The average Bonchev–Trinajstić information content (AvgIpc) is 2.37. The minimum atomic E-state index is -1.44. The topological polar surface area (TPSA) is 123 Å². The molecule has 0 aromatic rings. The molecule has 0 radical (unpaired) electrons. The molecule has 0 aromatic heterocycles. The SMILES string of the molecule is C=CCC(C#N)(C#N)CC(N=[N+]=[N-])C(=O)OCC. The molecule has 0 saturated heterocycles. The van der Waals surface area contributed by atoms with Crippen molar-refractivity contribution >= 4 is 5.97 Å². The predicted molar refractivity (Wildman–Crippen MR) is 62.7 cm³/mol. The second-order valence-corrected chi connectivity index (χ2v) is 3.48. The van der Waals surface area contributed by atoms with Gasteiger partial charge in [0.1, 0.15) is 11.5 Å². The Morgan fingerprint density at radius 2 is 2.28 bits per heavy atom. The smallest absolute Gasteiger partial charge is 0.314 e. The molecular weight excluding hydrogens is 234 g/mol. The molecule has 94 valence electrons. The van der Waals surface area contributed by atoms with Crippen LogP contribution in [0.25, 0.3) is 10.4 Å². The molecule has 1 atom stereocenters. The van der Waals surface area contributed by atoms with Gasteiger partial charge in [0.25, 0.3) is 0 Å². The van der Waals surface area contributed by atoms with Gasteiger partial charge in [0.2, 0.25) is 0 Å². The maximum absolute atomic E-state index is 11.5. The minimum Gasteiger partial charge on any atom is -0.466 e. The fraction of sp³-hybridized carbons (Fsp3) is 0.545. The summed E-state index contributed by atoms with van der Waals surface area (Å²) >= 11 is 0. The molecule has 1 unspecified atom stereocenters. The summed E-state index contributed by atoms with van der Waals surface area (Å²) in [5.74, 6) is -0.741. The molecule has 0 heterocycles. The summed E-state index contributed by atoms with van der Waals surface area (Å²) in [5, 5.41) is 21.3. The van der Waals surface area contributed by atoms with Crippen LogP contribution in [0.3, 0.4) is 0 Å². The van der Waals surface area contributed by atoms with E-state index in [-0.39, 0.29) is 19.4 Å². The van der Waals surface area contributed by atoms with E-state index in [2.05, 4.69) is 16.6 Å². The van der Waals surface area contributed by atoms with Crippen LogP contribution in [0.15, 0.2) is 17.8 Å². The lowest BCUT2D eigenvalue weighted by molar-refractivity contribution is -0.145. The number of hydrogen-bond donors (Lipinski definition) is 0. The van der Waals surface area contributed by atoms with Crippen molar-refractivity contribution in [2.24, 2.45) is 10.5 Å². The highest BCUT2D eigenvalue weighted by molar-refractivity contribution is 5.76. The number of rotatable bonds is 7. The summed E-state index contributed by atoms with van der Waals surface area (Å²) in [7, 11) is 0. The number of esters is 1. The number of nitrogens with zero attached hydrogens (tertiary/aromatic N) is 5. The van der Waals surface area contributed by atoms with Gasteiger partial charge in [-0.1, -0.05) is 11.2 Å². The van der Waals surface area contributed by atoms with Gasteiger partial charge >= 0.3 is 5.97 Å². The van der Waals surface area contributed by atoms with E-state index in [1.54, 1.807) is 6.92 Å². The van der Waals surface area contributed by atoms with Gasteiger partial charge in [-0.2, -0.15) is 10.5 Å². The first-order chi connectivity index (χ1) is 8.59. The standard InChI is InChI=1S/C11H13N5O2/c1-3-5-11(7-12,8-13)6-9(15-16-14)10(17)18-4-2/h3,9H,1,4-6H2,2H3. The lowest BCUT2D eigenvalue weighted by Gasteiger charge is -2.19. The van der Waals surface area contributed by atoms with E-state index in [4.69, 9.17) is 20.8 Å². The van der Waals surface area contributed by atoms with E-state index in [1.807, 2.05) is 12.1 Å². The van der Waals surface area contributed by atoms with Crippen LogP contribution < -0.4 is 0 Å². The van der Waals surface area contributed by atoms with Crippen LogP contribution in [0.4, 0.5) is 0 Å². The zero-order valence-corrected chi connectivity index (χ0v) is 10.0. The van der Waals surface area contributed by atoms with Crippen molar-refractivity contribution < 1.29 is 9.53 Å². The van der Waals surface area contributed by atoms with Gasteiger partial charge in [-0.25, -0.2) is 0 Å². The first-order valence-electron chi connectivity index (χ1n) is 5.23. The molecule has 0 aliphatic rings. The number of azide groups is 1. The van der Waals surface area contributed by atoms with E-state index in [0.29, 0.717) is 0 Å². The summed E-state index contributed by atoms with van der Waals surface area (Å²) in [4.78, 5) is 14.0. The van der Waals surface area contributed by atoms with E-state index in [9.17, 15) is 4.79 Å². The second-order valence-electron chi connectivity index (χ2n) is 3.48. The first-order valence-corrected chi connectivity index (χ1v) is 5.23. The van der Waals surface area contributed by atoms with Crippen molar-refractivity contribution in [1.82, 2.24) is 0 Å². The highest BCUT2D eigenvalue weighted by Gasteiger charge is 2.35. The van der Waals surface area contributed by atoms with Crippen molar-refractivity contribution in [2.45, 2.75) is 25.8 Å². The van der Waals surface area contributed by atoms with Crippen LogP contribution in [0.5, 0.6) is 0 Å². The van der Waals surface area contributed by atoms with Gasteiger partial charge in [-0.15, -0.1) is 6.58 Å². The molecule has 0 spiro atoms. The van der Waals surface area contributed by atoms with Gasteiger partial charge in [-0.05, 0) is 25.3 Å². The molecule has 0 saturated carbocycles. The van der Waals surface area contributed by atoms with Gasteiger partial charge in [0, 0.05) is 4.91 Å². The van der Waals surface area contributed by atoms with E-state index in [1.165, 1.54) is 6.08 Å². The number of nitriles is 2.